The van der Waals surface area contributed by atoms with Gasteiger partial charge in [0.05, 0.1) is 5.69 Å². The first-order valence-corrected chi connectivity index (χ1v) is 9.05. The van der Waals surface area contributed by atoms with Gasteiger partial charge in [-0.1, -0.05) is 34.7 Å². The summed E-state index contributed by atoms with van der Waals surface area (Å²) in [6.07, 6.45) is 3.33. The van der Waals surface area contributed by atoms with Gasteiger partial charge >= 0.3 is 0 Å². The monoisotopic (exact) mass is 362 g/mol. The molecule has 0 atom stereocenters. The van der Waals surface area contributed by atoms with E-state index in [1.165, 1.54) is 17.5 Å². The Balaban J connectivity index is 3.41. The van der Waals surface area contributed by atoms with Crippen molar-refractivity contribution in [3.63, 3.8) is 0 Å². The number of benzene rings is 1. The maximum atomic E-state index is 6.33. The second kappa shape index (κ2) is 8.76. The Hall–Kier alpha value is -0.765. The van der Waals surface area contributed by atoms with E-state index in [-0.39, 0.29) is 0 Å². The molecule has 0 unspecified atom stereocenters. The van der Waals surface area contributed by atoms with Gasteiger partial charge in [0, 0.05) is 17.6 Å². The minimum atomic E-state index is 0.878. The Morgan fingerprint density at radius 2 is 1.73 bits per heavy atom. The highest BCUT2D eigenvalue weighted by atomic mass is 79.9. The number of nitrogens with zero attached hydrogens (tertiary/aromatic N) is 2. The second-order valence-corrected chi connectivity index (χ2v) is 6.53. The fourth-order valence-corrected chi connectivity index (χ4v) is 3.25. The predicted octanol–water partition coefficient (Wildman–Crippen LogP) is 4.59. The summed E-state index contributed by atoms with van der Waals surface area (Å²) in [6, 6.07) is 0. The average Bonchev–Trinajstić information content (AvgIpc) is 2.51. The fraction of sp³-hybridized carbons (Fsp3) is 0.611. The molecule has 0 spiro atoms. The third-order valence-corrected chi connectivity index (χ3v) is 5.35. The highest BCUT2D eigenvalue weighted by molar-refractivity contribution is 9.10. The second-order valence-electron chi connectivity index (χ2n) is 5.74. The minimum absolute atomic E-state index is 0.878. The van der Waals surface area contributed by atoms with Gasteiger partial charge in [0.15, 0.2) is 0 Å². The lowest BCUT2D eigenvalue weighted by Gasteiger charge is -2.22. The number of unbranched alkanes of at least 4 members (excludes halogenated alkanes) is 1. The molecule has 0 aliphatic heterocycles. The molecule has 22 heavy (non-hydrogen) atoms. The van der Waals surface area contributed by atoms with Crippen molar-refractivity contribution in [1.29, 1.82) is 0 Å². The molecule has 1 rings (SSSR count). The third kappa shape index (κ3) is 4.15. The van der Waals surface area contributed by atoms with E-state index in [1.807, 2.05) is 0 Å². The molecule has 0 heterocycles. The average molecular weight is 363 g/mol. The van der Waals surface area contributed by atoms with Crippen LogP contribution in [0.4, 0.5) is 5.69 Å². The highest BCUT2D eigenvalue weighted by Crippen LogP contribution is 2.32. The molecule has 0 saturated carbocycles. The van der Waals surface area contributed by atoms with Crippen LogP contribution in [0.5, 0.6) is 0 Å². The summed E-state index contributed by atoms with van der Waals surface area (Å²) in [7, 11) is 6.33. The van der Waals surface area contributed by atoms with Gasteiger partial charge in [0.25, 0.3) is 0 Å². The van der Waals surface area contributed by atoms with E-state index in [4.69, 9.17) is 12.8 Å². The zero-order valence-electron chi connectivity index (χ0n) is 14.9. The van der Waals surface area contributed by atoms with Crippen molar-refractivity contribution >= 4 is 40.8 Å². The van der Waals surface area contributed by atoms with Gasteiger partial charge in [-0.15, -0.1) is 0 Å². The quantitative estimate of drug-likeness (QED) is 0.410. The molecule has 0 saturated heterocycles. The fourth-order valence-electron chi connectivity index (χ4n) is 2.82. The van der Waals surface area contributed by atoms with Gasteiger partial charge in [0.1, 0.15) is 13.7 Å². The Bertz CT molecular complexity index is 549. The van der Waals surface area contributed by atoms with Crippen LogP contribution in [-0.4, -0.2) is 31.7 Å². The molecule has 0 aliphatic rings. The number of hydrogen-bond donors (Lipinski definition) is 0. The molecule has 0 bridgehead atoms. The molecule has 0 amide bonds. The van der Waals surface area contributed by atoms with E-state index in [0.717, 1.165) is 53.0 Å². The molecular formula is C18H28BBrN2. The molecule has 2 nitrogen and oxygen atoms in total. The van der Waals surface area contributed by atoms with Crippen molar-refractivity contribution in [2.24, 2.45) is 4.99 Å². The van der Waals surface area contributed by atoms with E-state index in [1.54, 1.807) is 0 Å². The molecule has 0 fully saturated rings. The van der Waals surface area contributed by atoms with Gasteiger partial charge in [-0.05, 0) is 64.2 Å². The SMILES string of the molecule is [B]c1c(Br)c(C)c(N=C(C)N(CC)CC)c(C)c1CCCC. The molecule has 0 aliphatic carbocycles. The number of halogens is 1. The molecule has 0 aromatic heterocycles. The summed E-state index contributed by atoms with van der Waals surface area (Å²) in [4.78, 5) is 7.20. The first-order valence-electron chi connectivity index (χ1n) is 8.26. The van der Waals surface area contributed by atoms with Gasteiger partial charge in [-0.25, -0.2) is 4.99 Å². The van der Waals surface area contributed by atoms with Crippen LogP contribution in [0.25, 0.3) is 0 Å². The smallest absolute Gasteiger partial charge is 0.115 e. The standard InChI is InChI=1S/C18H28BBrN2/c1-7-10-11-15-12(4)18(13(5)17(20)16(15)19)21-14(6)22(8-2)9-3/h7-11H2,1-6H3. The Morgan fingerprint density at radius 1 is 1.14 bits per heavy atom. The normalized spacial score (nSPS) is 11.9. The molecule has 2 radical (unpaired) electrons. The minimum Gasteiger partial charge on any atom is -0.361 e. The molecule has 1 aromatic carbocycles. The number of aliphatic imine (C=N–C) groups is 1. The molecule has 0 N–H and O–H groups in total. The van der Waals surface area contributed by atoms with Crippen LogP contribution in [0.1, 0.15) is 57.2 Å². The Kier molecular flexibility index (Phi) is 7.68. The van der Waals surface area contributed by atoms with Crippen LogP contribution >= 0.6 is 15.9 Å². The first kappa shape index (κ1) is 19.3. The number of hydrogen-bond acceptors (Lipinski definition) is 1. The summed E-state index contributed by atoms with van der Waals surface area (Å²) in [5, 5.41) is 0. The van der Waals surface area contributed by atoms with Crippen LogP contribution in [0.3, 0.4) is 0 Å². The van der Waals surface area contributed by atoms with Gasteiger partial charge in [-0.3, -0.25) is 0 Å². The van der Waals surface area contributed by atoms with E-state index in [9.17, 15) is 0 Å². The zero-order chi connectivity index (χ0) is 16.9. The number of amidine groups is 1. The van der Waals surface area contributed by atoms with E-state index in [2.05, 4.69) is 62.4 Å². The lowest BCUT2D eigenvalue weighted by atomic mass is 9.83. The van der Waals surface area contributed by atoms with Crippen LogP contribution < -0.4 is 5.46 Å². The van der Waals surface area contributed by atoms with E-state index < -0.39 is 0 Å². The predicted molar refractivity (Wildman–Crippen MR) is 103 cm³/mol. The van der Waals surface area contributed by atoms with Crippen molar-refractivity contribution in [2.45, 2.75) is 60.8 Å². The third-order valence-electron chi connectivity index (χ3n) is 4.33. The lowest BCUT2D eigenvalue weighted by molar-refractivity contribution is 0.463. The molecular weight excluding hydrogens is 335 g/mol. The summed E-state index contributed by atoms with van der Waals surface area (Å²) in [5.74, 6) is 1.06. The summed E-state index contributed by atoms with van der Waals surface area (Å²) in [6.45, 7) is 14.8. The van der Waals surface area contributed by atoms with Crippen molar-refractivity contribution in [3.05, 3.63) is 21.2 Å². The first-order chi connectivity index (χ1) is 10.4. The van der Waals surface area contributed by atoms with Gasteiger partial charge in [-0.2, -0.15) is 0 Å². The molecule has 1 aromatic rings. The largest absolute Gasteiger partial charge is 0.361 e. The van der Waals surface area contributed by atoms with Crippen molar-refractivity contribution in [3.8, 4) is 0 Å². The van der Waals surface area contributed by atoms with E-state index in [0.29, 0.717) is 0 Å². The van der Waals surface area contributed by atoms with Crippen LogP contribution in [-0.2, 0) is 6.42 Å². The van der Waals surface area contributed by atoms with Crippen LogP contribution in [0, 0.1) is 13.8 Å². The van der Waals surface area contributed by atoms with Gasteiger partial charge < -0.3 is 4.90 Å². The van der Waals surface area contributed by atoms with Crippen molar-refractivity contribution < 1.29 is 0 Å². The zero-order valence-corrected chi connectivity index (χ0v) is 16.5. The summed E-state index contributed by atoms with van der Waals surface area (Å²) >= 11 is 3.66. The van der Waals surface area contributed by atoms with Gasteiger partial charge in [0.2, 0.25) is 0 Å². The number of rotatable bonds is 6. The summed E-state index contributed by atoms with van der Waals surface area (Å²) in [5.41, 5.74) is 5.53. The van der Waals surface area contributed by atoms with Crippen molar-refractivity contribution in [2.75, 3.05) is 13.1 Å². The topological polar surface area (TPSA) is 15.6 Å². The Morgan fingerprint density at radius 3 is 2.23 bits per heavy atom. The lowest BCUT2D eigenvalue weighted by Crippen LogP contribution is -2.28. The maximum absolute atomic E-state index is 6.33. The van der Waals surface area contributed by atoms with Crippen molar-refractivity contribution in [1.82, 2.24) is 4.90 Å². The highest BCUT2D eigenvalue weighted by Gasteiger charge is 2.15. The summed E-state index contributed by atoms with van der Waals surface area (Å²) < 4.78 is 0.996. The van der Waals surface area contributed by atoms with E-state index >= 15 is 0 Å². The Labute approximate surface area is 145 Å². The molecule has 120 valence electrons. The van der Waals surface area contributed by atoms with Crippen LogP contribution in [0.15, 0.2) is 9.47 Å². The maximum Gasteiger partial charge on any atom is 0.115 e. The molecule has 4 heteroatoms. The van der Waals surface area contributed by atoms with Crippen LogP contribution in [0.2, 0.25) is 0 Å².